The lowest BCUT2D eigenvalue weighted by molar-refractivity contribution is -0.0520. The molecule has 0 amide bonds. The molecule has 3 atom stereocenters. The van der Waals surface area contributed by atoms with Crippen LogP contribution in [0.15, 0.2) is 0 Å². The van der Waals surface area contributed by atoms with E-state index in [9.17, 15) is 5.11 Å². The normalized spacial score (nSPS) is 38.4. The van der Waals surface area contributed by atoms with Gasteiger partial charge in [0.05, 0.1) is 24.4 Å². The van der Waals surface area contributed by atoms with Crippen LogP contribution >= 0.6 is 0 Å². The summed E-state index contributed by atoms with van der Waals surface area (Å²) in [6.45, 7) is 3.44. The molecule has 0 aromatic carbocycles. The van der Waals surface area contributed by atoms with Gasteiger partial charge < -0.3 is 15.2 Å². The summed E-state index contributed by atoms with van der Waals surface area (Å²) in [6.07, 6.45) is 8.53. The Bertz CT molecular complexity index is 331. The van der Waals surface area contributed by atoms with E-state index < -0.39 is 0 Å². The molecule has 4 aliphatic rings. The van der Waals surface area contributed by atoms with E-state index in [-0.39, 0.29) is 5.54 Å². The number of likely N-dealkylation sites (tertiary alicyclic amines) is 1. The zero-order chi connectivity index (χ0) is 12.9. The molecule has 0 spiro atoms. The molecule has 0 radical (unpaired) electrons. The number of nitrogens with one attached hydrogen (secondary N) is 1. The molecule has 4 nitrogen and oxygen atoms in total. The van der Waals surface area contributed by atoms with Crippen molar-refractivity contribution in [3.8, 4) is 0 Å². The molecule has 4 rings (SSSR count). The lowest BCUT2D eigenvalue weighted by Gasteiger charge is -2.41. The fourth-order valence-corrected chi connectivity index (χ4v) is 4.01. The van der Waals surface area contributed by atoms with Crippen molar-refractivity contribution < 1.29 is 9.84 Å². The highest BCUT2D eigenvalue weighted by Crippen LogP contribution is 2.42. The zero-order valence-electron chi connectivity index (χ0n) is 11.7. The molecule has 2 saturated heterocycles. The highest BCUT2D eigenvalue weighted by Gasteiger charge is 2.49. The van der Waals surface area contributed by atoms with Crippen LogP contribution in [0.25, 0.3) is 0 Å². The van der Waals surface area contributed by atoms with Crippen LogP contribution in [-0.2, 0) is 4.74 Å². The topological polar surface area (TPSA) is 44.7 Å². The van der Waals surface area contributed by atoms with Crippen LogP contribution in [0.2, 0.25) is 0 Å². The van der Waals surface area contributed by atoms with Crippen molar-refractivity contribution in [2.24, 2.45) is 5.92 Å². The van der Waals surface area contributed by atoms with Gasteiger partial charge >= 0.3 is 0 Å². The SMILES string of the molecule is OCC(CN1CC2CCC(C1)O2)(NC1CC1)C1CC1. The molecule has 2 aliphatic carbocycles. The highest BCUT2D eigenvalue weighted by molar-refractivity contribution is 5.07. The van der Waals surface area contributed by atoms with E-state index in [4.69, 9.17) is 4.74 Å². The van der Waals surface area contributed by atoms with Gasteiger partial charge in [-0.25, -0.2) is 0 Å². The first-order valence-electron chi connectivity index (χ1n) is 8.04. The Hall–Kier alpha value is -0.160. The Morgan fingerprint density at radius 1 is 1.05 bits per heavy atom. The second-order valence-electron chi connectivity index (χ2n) is 7.16. The third-order valence-electron chi connectivity index (χ3n) is 5.33. The number of aliphatic hydroxyl groups excluding tert-OH is 1. The second kappa shape index (κ2) is 4.69. The molecule has 3 unspecified atom stereocenters. The molecule has 4 heteroatoms. The monoisotopic (exact) mass is 266 g/mol. The molecule has 2 bridgehead atoms. The Morgan fingerprint density at radius 3 is 2.26 bits per heavy atom. The summed E-state index contributed by atoms with van der Waals surface area (Å²) in [6, 6.07) is 0.672. The Morgan fingerprint density at radius 2 is 1.74 bits per heavy atom. The van der Waals surface area contributed by atoms with Crippen molar-refractivity contribution in [3.05, 3.63) is 0 Å². The van der Waals surface area contributed by atoms with Crippen molar-refractivity contribution in [2.75, 3.05) is 26.2 Å². The summed E-state index contributed by atoms with van der Waals surface area (Å²) in [5, 5.41) is 13.8. The van der Waals surface area contributed by atoms with Crippen molar-refractivity contribution >= 4 is 0 Å². The van der Waals surface area contributed by atoms with E-state index in [0.717, 1.165) is 19.6 Å². The molecule has 2 saturated carbocycles. The molecule has 0 aromatic rings. The summed E-state index contributed by atoms with van der Waals surface area (Å²) in [7, 11) is 0. The van der Waals surface area contributed by atoms with Gasteiger partial charge in [0, 0.05) is 25.7 Å². The van der Waals surface area contributed by atoms with Crippen LogP contribution in [-0.4, -0.2) is 60.0 Å². The number of hydrogen-bond donors (Lipinski definition) is 2. The number of aliphatic hydroxyl groups is 1. The number of fused-ring (bicyclic) bond motifs is 2. The average Bonchev–Trinajstić information content (AvgIpc) is 3.29. The molecular weight excluding hydrogens is 240 g/mol. The van der Waals surface area contributed by atoms with Gasteiger partial charge in [0.1, 0.15) is 0 Å². The number of hydrogen-bond acceptors (Lipinski definition) is 4. The minimum Gasteiger partial charge on any atom is -0.394 e. The molecular formula is C15H26N2O2. The van der Waals surface area contributed by atoms with E-state index in [1.165, 1.54) is 38.5 Å². The van der Waals surface area contributed by atoms with E-state index in [0.29, 0.717) is 30.8 Å². The quantitative estimate of drug-likeness (QED) is 0.744. The zero-order valence-corrected chi connectivity index (χ0v) is 11.7. The summed E-state index contributed by atoms with van der Waals surface area (Å²) < 4.78 is 5.92. The van der Waals surface area contributed by atoms with Gasteiger partial charge in [-0.2, -0.15) is 0 Å². The Balaban J connectivity index is 1.44. The summed E-state index contributed by atoms with van der Waals surface area (Å²) in [5.41, 5.74) is -0.0298. The number of ether oxygens (including phenoxy) is 1. The highest BCUT2D eigenvalue weighted by atomic mass is 16.5. The maximum atomic E-state index is 10.0. The largest absolute Gasteiger partial charge is 0.394 e. The molecule has 4 fully saturated rings. The Kier molecular flexibility index (Phi) is 3.10. The number of rotatable bonds is 6. The van der Waals surface area contributed by atoms with E-state index >= 15 is 0 Å². The Labute approximate surface area is 115 Å². The predicted octanol–water partition coefficient (Wildman–Crippen LogP) is 0.743. The minimum absolute atomic E-state index is 0.0298. The van der Waals surface area contributed by atoms with Gasteiger partial charge in [-0.1, -0.05) is 0 Å². The average molecular weight is 266 g/mol. The maximum Gasteiger partial charge on any atom is 0.0707 e. The standard InChI is InChI=1S/C15H26N2O2/c18-10-15(11-1-2-11,16-12-3-4-12)9-17-7-13-5-6-14(8-17)19-13/h11-14,16,18H,1-10H2. The van der Waals surface area contributed by atoms with Gasteiger partial charge in [0.15, 0.2) is 0 Å². The summed E-state index contributed by atoms with van der Waals surface area (Å²) in [4.78, 5) is 2.55. The molecule has 2 N–H and O–H groups in total. The fraction of sp³-hybridized carbons (Fsp3) is 1.00. The predicted molar refractivity (Wildman–Crippen MR) is 73.0 cm³/mol. The van der Waals surface area contributed by atoms with Gasteiger partial charge in [-0.3, -0.25) is 4.90 Å². The lowest BCUT2D eigenvalue weighted by atomic mass is 9.92. The van der Waals surface area contributed by atoms with E-state index in [2.05, 4.69) is 10.2 Å². The third-order valence-corrected chi connectivity index (χ3v) is 5.33. The van der Waals surface area contributed by atoms with Crippen molar-refractivity contribution in [2.45, 2.75) is 62.3 Å². The van der Waals surface area contributed by atoms with Crippen LogP contribution < -0.4 is 5.32 Å². The molecule has 2 heterocycles. The minimum atomic E-state index is -0.0298. The van der Waals surface area contributed by atoms with Crippen molar-refractivity contribution in [1.82, 2.24) is 10.2 Å². The smallest absolute Gasteiger partial charge is 0.0707 e. The summed E-state index contributed by atoms with van der Waals surface area (Å²) >= 11 is 0. The van der Waals surface area contributed by atoms with Crippen molar-refractivity contribution in [1.29, 1.82) is 0 Å². The molecule has 19 heavy (non-hydrogen) atoms. The molecule has 0 aromatic heterocycles. The van der Waals surface area contributed by atoms with E-state index in [1.807, 2.05) is 0 Å². The first kappa shape index (κ1) is 12.6. The van der Waals surface area contributed by atoms with Crippen LogP contribution in [0.5, 0.6) is 0 Å². The van der Waals surface area contributed by atoms with Crippen LogP contribution in [0, 0.1) is 5.92 Å². The molecule has 108 valence electrons. The van der Waals surface area contributed by atoms with Crippen LogP contribution in [0.4, 0.5) is 0 Å². The lowest BCUT2D eigenvalue weighted by Crippen LogP contribution is -2.60. The van der Waals surface area contributed by atoms with E-state index in [1.54, 1.807) is 0 Å². The first-order chi connectivity index (χ1) is 9.27. The van der Waals surface area contributed by atoms with Gasteiger partial charge in [-0.05, 0) is 44.4 Å². The number of morpholine rings is 1. The maximum absolute atomic E-state index is 10.0. The first-order valence-corrected chi connectivity index (χ1v) is 8.04. The number of nitrogens with zero attached hydrogens (tertiary/aromatic N) is 1. The molecule has 2 aliphatic heterocycles. The van der Waals surface area contributed by atoms with Gasteiger partial charge in [0.25, 0.3) is 0 Å². The second-order valence-corrected chi connectivity index (χ2v) is 7.16. The van der Waals surface area contributed by atoms with Crippen molar-refractivity contribution in [3.63, 3.8) is 0 Å². The van der Waals surface area contributed by atoms with Gasteiger partial charge in [0.2, 0.25) is 0 Å². The fourth-order valence-electron chi connectivity index (χ4n) is 4.01. The van der Waals surface area contributed by atoms with Crippen LogP contribution in [0.1, 0.15) is 38.5 Å². The van der Waals surface area contributed by atoms with Gasteiger partial charge in [-0.15, -0.1) is 0 Å². The summed E-state index contributed by atoms with van der Waals surface area (Å²) in [5.74, 6) is 0.693. The van der Waals surface area contributed by atoms with Crippen LogP contribution in [0.3, 0.4) is 0 Å². The third kappa shape index (κ3) is 2.56.